The number of hydrogen-bond acceptors (Lipinski definition) is 5. The van der Waals surface area contributed by atoms with Crippen LogP contribution in [-0.2, 0) is 16.1 Å². The fraction of sp³-hybridized carbons (Fsp3) is 0.360. The summed E-state index contributed by atoms with van der Waals surface area (Å²) in [5.41, 5.74) is 1.68. The highest BCUT2D eigenvalue weighted by Crippen LogP contribution is 2.29. The van der Waals surface area contributed by atoms with E-state index in [2.05, 4.69) is 5.32 Å². The maximum Gasteiger partial charge on any atom is 0.255 e. The zero-order valence-electron chi connectivity index (χ0n) is 18.2. The van der Waals surface area contributed by atoms with E-state index in [1.807, 2.05) is 30.3 Å². The molecule has 0 aliphatic carbocycles. The van der Waals surface area contributed by atoms with Crippen molar-refractivity contribution in [3.63, 3.8) is 0 Å². The quantitative estimate of drug-likeness (QED) is 0.725. The number of amides is 4. The standard InChI is InChI=1S/C25H25N3O5/c29-22-11-10-21(23(30)26-22)28-14-17-9-8-16(13-20(17)25(28)32)24(31)27-12-4-7-19(15-27)33-18-5-2-1-3-6-18/h1-3,5-6,8-9,13,19,21H,4,7,10-12,14-15H2,(H,26,29,30). The molecule has 2 fully saturated rings. The summed E-state index contributed by atoms with van der Waals surface area (Å²) in [5, 5.41) is 2.30. The molecule has 4 amide bonds. The minimum atomic E-state index is -0.667. The predicted octanol–water partition coefficient (Wildman–Crippen LogP) is 2.13. The van der Waals surface area contributed by atoms with Crippen LogP contribution < -0.4 is 10.1 Å². The van der Waals surface area contributed by atoms with E-state index in [0.717, 1.165) is 24.2 Å². The van der Waals surface area contributed by atoms with Crippen LogP contribution in [0.3, 0.4) is 0 Å². The number of nitrogens with one attached hydrogen (secondary N) is 1. The molecule has 5 rings (SSSR count). The van der Waals surface area contributed by atoms with E-state index in [0.29, 0.717) is 37.2 Å². The molecule has 2 atom stereocenters. The first-order valence-corrected chi connectivity index (χ1v) is 11.3. The third-order valence-electron chi connectivity index (χ3n) is 6.49. The molecule has 3 heterocycles. The van der Waals surface area contributed by atoms with Gasteiger partial charge < -0.3 is 14.5 Å². The molecule has 3 aliphatic heterocycles. The number of para-hydroxylation sites is 1. The van der Waals surface area contributed by atoms with E-state index in [9.17, 15) is 19.2 Å². The van der Waals surface area contributed by atoms with Gasteiger partial charge in [-0.25, -0.2) is 0 Å². The van der Waals surface area contributed by atoms with Crippen molar-refractivity contribution in [3.8, 4) is 5.75 Å². The molecule has 8 heteroatoms. The van der Waals surface area contributed by atoms with Crippen molar-refractivity contribution in [1.82, 2.24) is 15.1 Å². The number of nitrogens with zero attached hydrogens (tertiary/aromatic N) is 2. The number of rotatable bonds is 4. The molecule has 1 N–H and O–H groups in total. The molecule has 0 radical (unpaired) electrons. The Labute approximate surface area is 191 Å². The SMILES string of the molecule is O=C1CCC(N2Cc3ccc(C(=O)N4CCCC(Oc5ccccc5)C4)cc3C2=O)C(=O)N1. The van der Waals surface area contributed by atoms with Gasteiger partial charge in [-0.2, -0.15) is 0 Å². The molecule has 2 aromatic carbocycles. The van der Waals surface area contributed by atoms with Gasteiger partial charge in [0.05, 0.1) is 6.54 Å². The van der Waals surface area contributed by atoms with Crippen LogP contribution in [0, 0.1) is 0 Å². The number of carbonyl (C=O) groups is 4. The summed E-state index contributed by atoms with van der Waals surface area (Å²) in [6.07, 6.45) is 2.16. The van der Waals surface area contributed by atoms with E-state index in [4.69, 9.17) is 4.74 Å². The van der Waals surface area contributed by atoms with Gasteiger partial charge in [0, 0.05) is 30.6 Å². The molecule has 2 unspecified atom stereocenters. The third kappa shape index (κ3) is 4.20. The molecule has 2 saturated heterocycles. The van der Waals surface area contributed by atoms with Gasteiger partial charge in [0.25, 0.3) is 11.8 Å². The molecule has 0 saturated carbocycles. The Morgan fingerprint density at radius 1 is 1.03 bits per heavy atom. The van der Waals surface area contributed by atoms with Crippen molar-refractivity contribution in [2.24, 2.45) is 0 Å². The number of benzene rings is 2. The summed E-state index contributed by atoms with van der Waals surface area (Å²) >= 11 is 0. The second kappa shape index (κ2) is 8.69. The van der Waals surface area contributed by atoms with E-state index in [1.165, 1.54) is 4.90 Å². The smallest absolute Gasteiger partial charge is 0.255 e. The van der Waals surface area contributed by atoms with Crippen LogP contribution in [0.5, 0.6) is 5.75 Å². The van der Waals surface area contributed by atoms with Crippen molar-refractivity contribution >= 4 is 23.6 Å². The predicted molar refractivity (Wildman–Crippen MR) is 118 cm³/mol. The lowest BCUT2D eigenvalue weighted by Crippen LogP contribution is -2.52. The summed E-state index contributed by atoms with van der Waals surface area (Å²) < 4.78 is 6.05. The summed E-state index contributed by atoms with van der Waals surface area (Å²) in [6.45, 7) is 1.42. The van der Waals surface area contributed by atoms with Crippen LogP contribution in [0.4, 0.5) is 0 Å². The highest BCUT2D eigenvalue weighted by molar-refractivity contribution is 6.06. The van der Waals surface area contributed by atoms with Gasteiger partial charge in [0.2, 0.25) is 11.8 Å². The topological polar surface area (TPSA) is 96.0 Å². The maximum absolute atomic E-state index is 13.2. The second-order valence-electron chi connectivity index (χ2n) is 8.72. The zero-order valence-corrected chi connectivity index (χ0v) is 18.2. The Balaban J connectivity index is 1.28. The lowest BCUT2D eigenvalue weighted by atomic mass is 10.0. The van der Waals surface area contributed by atoms with Crippen molar-refractivity contribution in [2.45, 2.75) is 44.4 Å². The van der Waals surface area contributed by atoms with Crippen molar-refractivity contribution in [3.05, 3.63) is 65.2 Å². The van der Waals surface area contributed by atoms with Crippen molar-refractivity contribution < 1.29 is 23.9 Å². The van der Waals surface area contributed by atoms with E-state index >= 15 is 0 Å². The van der Waals surface area contributed by atoms with Crippen LogP contribution in [0.1, 0.15) is 52.0 Å². The van der Waals surface area contributed by atoms with E-state index in [-0.39, 0.29) is 30.2 Å². The molecule has 33 heavy (non-hydrogen) atoms. The molecule has 0 bridgehead atoms. The first-order chi connectivity index (χ1) is 16.0. The Bertz CT molecular complexity index is 1120. The minimum Gasteiger partial charge on any atom is -0.489 e. The number of fused-ring (bicyclic) bond motifs is 1. The Kier molecular flexibility index (Phi) is 5.58. The molecule has 8 nitrogen and oxygen atoms in total. The molecule has 170 valence electrons. The van der Waals surface area contributed by atoms with E-state index < -0.39 is 11.9 Å². The summed E-state index contributed by atoms with van der Waals surface area (Å²) in [5.74, 6) is -0.385. The number of piperidine rings is 2. The van der Waals surface area contributed by atoms with Gasteiger partial charge in [-0.3, -0.25) is 24.5 Å². The minimum absolute atomic E-state index is 0.0795. The van der Waals surface area contributed by atoms with Crippen LogP contribution in [0.2, 0.25) is 0 Å². The lowest BCUT2D eigenvalue weighted by molar-refractivity contribution is -0.136. The highest BCUT2D eigenvalue weighted by Gasteiger charge is 2.39. The van der Waals surface area contributed by atoms with Crippen molar-refractivity contribution in [1.29, 1.82) is 0 Å². The van der Waals surface area contributed by atoms with Gasteiger partial charge in [-0.05, 0) is 49.1 Å². The first kappa shape index (κ1) is 21.2. The average Bonchev–Trinajstić information content (AvgIpc) is 3.15. The van der Waals surface area contributed by atoms with Gasteiger partial charge in [0.1, 0.15) is 17.9 Å². The maximum atomic E-state index is 13.2. The van der Waals surface area contributed by atoms with Crippen molar-refractivity contribution in [2.75, 3.05) is 13.1 Å². The van der Waals surface area contributed by atoms with Gasteiger partial charge in [-0.15, -0.1) is 0 Å². The number of likely N-dealkylation sites (tertiary alicyclic amines) is 1. The Morgan fingerprint density at radius 3 is 2.64 bits per heavy atom. The summed E-state index contributed by atoms with van der Waals surface area (Å²) in [6, 6.07) is 14.1. The molecule has 2 aromatic rings. The monoisotopic (exact) mass is 447 g/mol. The largest absolute Gasteiger partial charge is 0.489 e. The molecule has 0 spiro atoms. The Hall–Kier alpha value is -3.68. The fourth-order valence-electron chi connectivity index (χ4n) is 4.78. The molecular weight excluding hydrogens is 422 g/mol. The van der Waals surface area contributed by atoms with Crippen LogP contribution in [-0.4, -0.2) is 58.7 Å². The summed E-state index contributed by atoms with van der Waals surface area (Å²) in [4.78, 5) is 53.2. The van der Waals surface area contributed by atoms with Crippen LogP contribution >= 0.6 is 0 Å². The number of hydrogen-bond donors (Lipinski definition) is 1. The highest BCUT2D eigenvalue weighted by atomic mass is 16.5. The van der Waals surface area contributed by atoms with Crippen LogP contribution in [0.15, 0.2) is 48.5 Å². The lowest BCUT2D eigenvalue weighted by Gasteiger charge is -2.33. The zero-order chi connectivity index (χ0) is 22.9. The molecular formula is C25H25N3O5. The number of ether oxygens (including phenoxy) is 1. The number of imide groups is 1. The van der Waals surface area contributed by atoms with E-state index in [1.54, 1.807) is 23.1 Å². The van der Waals surface area contributed by atoms with Crippen LogP contribution in [0.25, 0.3) is 0 Å². The first-order valence-electron chi connectivity index (χ1n) is 11.3. The van der Waals surface area contributed by atoms with Gasteiger partial charge in [0.15, 0.2) is 0 Å². The molecule has 0 aromatic heterocycles. The fourth-order valence-corrected chi connectivity index (χ4v) is 4.78. The normalized spacial score (nSPS) is 22.7. The second-order valence-corrected chi connectivity index (χ2v) is 8.72. The van der Waals surface area contributed by atoms with Gasteiger partial charge in [-0.1, -0.05) is 24.3 Å². The average molecular weight is 447 g/mol. The third-order valence-corrected chi connectivity index (χ3v) is 6.49. The Morgan fingerprint density at radius 2 is 1.85 bits per heavy atom. The van der Waals surface area contributed by atoms with Gasteiger partial charge >= 0.3 is 0 Å². The molecule has 3 aliphatic rings. The number of carbonyl (C=O) groups excluding carboxylic acids is 4. The summed E-state index contributed by atoms with van der Waals surface area (Å²) in [7, 11) is 0.